The smallest absolute Gasteiger partial charge is 0.258 e. The first-order valence-corrected chi connectivity index (χ1v) is 12.0. The van der Waals surface area contributed by atoms with Gasteiger partial charge in [0.2, 0.25) is 0 Å². The molecule has 0 aromatic heterocycles. The molecule has 0 spiro atoms. The van der Waals surface area contributed by atoms with Crippen LogP contribution in [-0.4, -0.2) is 19.2 Å². The van der Waals surface area contributed by atoms with Crippen molar-refractivity contribution in [3.8, 4) is 0 Å². The van der Waals surface area contributed by atoms with Gasteiger partial charge in [0.25, 0.3) is 8.32 Å². The quantitative estimate of drug-likeness (QED) is 0.487. The van der Waals surface area contributed by atoms with Gasteiger partial charge in [0.1, 0.15) is 0 Å². The van der Waals surface area contributed by atoms with Gasteiger partial charge in [-0.3, -0.25) is 0 Å². The Morgan fingerprint density at radius 1 is 0.885 bits per heavy atom. The number of unbranched alkanes of at least 4 members (excludes halogenated alkanes) is 1. The number of hydrogen-bond donors (Lipinski definition) is 2. The van der Waals surface area contributed by atoms with Gasteiger partial charge in [-0.05, 0) is 34.7 Å². The molecule has 26 heavy (non-hydrogen) atoms. The lowest BCUT2D eigenvalue weighted by molar-refractivity contribution is 0.438. The van der Waals surface area contributed by atoms with Crippen LogP contribution >= 0.6 is 0 Å². The summed E-state index contributed by atoms with van der Waals surface area (Å²) >= 11 is 0. The number of benzene rings is 2. The molecule has 2 aromatic carbocycles. The molecule has 2 aromatic rings. The van der Waals surface area contributed by atoms with Crippen molar-refractivity contribution in [2.24, 2.45) is 5.73 Å². The van der Waals surface area contributed by atoms with E-state index in [9.17, 15) is 4.80 Å². The van der Waals surface area contributed by atoms with Crippen molar-refractivity contribution in [2.75, 3.05) is 0 Å². The summed E-state index contributed by atoms with van der Waals surface area (Å²) in [6, 6.07) is 20.9. The minimum atomic E-state index is -2.85. The van der Waals surface area contributed by atoms with Crippen LogP contribution in [0.4, 0.5) is 0 Å². The second-order valence-corrected chi connectivity index (χ2v) is 12.0. The van der Waals surface area contributed by atoms with E-state index < -0.39 is 8.32 Å². The molecular formula is C23H35NOSi. The zero-order chi connectivity index (χ0) is 19.0. The Balaban J connectivity index is 2.19. The Hall–Kier alpha value is -1.42. The van der Waals surface area contributed by atoms with Crippen LogP contribution in [0.3, 0.4) is 0 Å². The summed E-state index contributed by atoms with van der Waals surface area (Å²) < 4.78 is 0. The summed E-state index contributed by atoms with van der Waals surface area (Å²) in [5.41, 5.74) is 6.16. The van der Waals surface area contributed by atoms with E-state index in [4.69, 9.17) is 5.73 Å². The molecule has 0 heterocycles. The van der Waals surface area contributed by atoms with Crippen molar-refractivity contribution in [3.05, 3.63) is 60.7 Å². The zero-order valence-corrected chi connectivity index (χ0v) is 17.6. The first kappa shape index (κ1) is 20.9. The standard InChI is InChI=1S/C23H35NOSi/c1-4-13-20(24)14-11-12-19-23(2,3)26(25,21-15-7-5-8-16-21)22-17-9-6-10-18-22/h5-10,15-18,20,25H,4,11-14,19,24H2,1-3H3. The normalized spacial score (nSPS) is 13.6. The highest BCUT2D eigenvalue weighted by molar-refractivity contribution is 6.98. The van der Waals surface area contributed by atoms with E-state index in [-0.39, 0.29) is 5.04 Å². The van der Waals surface area contributed by atoms with Crippen molar-refractivity contribution in [2.45, 2.75) is 70.4 Å². The molecule has 3 heteroatoms. The molecule has 1 unspecified atom stereocenters. The molecule has 0 radical (unpaired) electrons. The fourth-order valence-electron chi connectivity index (χ4n) is 3.98. The molecule has 0 saturated carbocycles. The van der Waals surface area contributed by atoms with Crippen molar-refractivity contribution < 1.29 is 4.80 Å². The Bertz CT molecular complexity index is 602. The summed E-state index contributed by atoms with van der Waals surface area (Å²) in [5, 5.41) is 2.04. The van der Waals surface area contributed by atoms with E-state index in [1.807, 2.05) is 36.4 Å². The maximum absolute atomic E-state index is 12.1. The fourth-order valence-corrected chi connectivity index (χ4v) is 7.76. The summed E-state index contributed by atoms with van der Waals surface area (Å²) in [6.07, 6.45) is 6.61. The molecule has 2 nitrogen and oxygen atoms in total. The molecule has 0 fully saturated rings. The highest BCUT2D eigenvalue weighted by Crippen LogP contribution is 2.40. The van der Waals surface area contributed by atoms with Gasteiger partial charge >= 0.3 is 0 Å². The molecule has 0 aliphatic carbocycles. The third kappa shape index (κ3) is 4.85. The Morgan fingerprint density at radius 3 is 1.85 bits per heavy atom. The average Bonchev–Trinajstić information content (AvgIpc) is 2.66. The van der Waals surface area contributed by atoms with Gasteiger partial charge in [0, 0.05) is 6.04 Å². The van der Waals surface area contributed by atoms with Crippen molar-refractivity contribution >= 4 is 18.7 Å². The Kier molecular flexibility index (Phi) is 7.63. The summed E-state index contributed by atoms with van der Waals surface area (Å²) in [6.45, 7) is 6.67. The minimum Gasteiger partial charge on any atom is -0.424 e. The molecule has 0 saturated heterocycles. The van der Waals surface area contributed by atoms with E-state index in [2.05, 4.69) is 45.0 Å². The molecule has 3 N–H and O–H groups in total. The van der Waals surface area contributed by atoms with E-state index in [0.717, 1.165) is 48.9 Å². The van der Waals surface area contributed by atoms with Crippen LogP contribution in [0.25, 0.3) is 0 Å². The molecule has 0 bridgehead atoms. The van der Waals surface area contributed by atoms with Crippen LogP contribution in [0.1, 0.15) is 59.3 Å². The van der Waals surface area contributed by atoms with Crippen LogP contribution in [0.2, 0.25) is 5.04 Å². The lowest BCUT2D eigenvalue weighted by Crippen LogP contribution is -2.65. The first-order valence-electron chi connectivity index (χ1n) is 10.0. The van der Waals surface area contributed by atoms with Gasteiger partial charge in [-0.1, -0.05) is 101 Å². The van der Waals surface area contributed by atoms with E-state index in [1.165, 1.54) is 0 Å². The highest BCUT2D eigenvalue weighted by Gasteiger charge is 2.49. The summed E-state index contributed by atoms with van der Waals surface area (Å²) in [7, 11) is -2.85. The summed E-state index contributed by atoms with van der Waals surface area (Å²) in [5.74, 6) is 0. The van der Waals surface area contributed by atoms with Crippen LogP contribution in [0.15, 0.2) is 60.7 Å². The van der Waals surface area contributed by atoms with Gasteiger partial charge in [0.05, 0.1) is 0 Å². The monoisotopic (exact) mass is 369 g/mol. The molecule has 0 aliphatic rings. The largest absolute Gasteiger partial charge is 0.424 e. The SMILES string of the molecule is CCCC(N)CCCCC(C)(C)[Si](O)(c1ccccc1)c1ccccc1. The van der Waals surface area contributed by atoms with Crippen molar-refractivity contribution in [1.29, 1.82) is 0 Å². The van der Waals surface area contributed by atoms with Gasteiger partial charge in [-0.2, -0.15) is 0 Å². The molecule has 0 amide bonds. The maximum atomic E-state index is 12.1. The van der Waals surface area contributed by atoms with Crippen molar-refractivity contribution in [3.63, 3.8) is 0 Å². The molecule has 1 atom stereocenters. The van der Waals surface area contributed by atoms with Gasteiger partial charge in [0.15, 0.2) is 0 Å². The van der Waals surface area contributed by atoms with Crippen molar-refractivity contribution in [1.82, 2.24) is 0 Å². The predicted molar refractivity (Wildman–Crippen MR) is 116 cm³/mol. The topological polar surface area (TPSA) is 46.2 Å². The molecule has 0 aliphatic heterocycles. The zero-order valence-electron chi connectivity index (χ0n) is 16.6. The van der Waals surface area contributed by atoms with Gasteiger partial charge in [-0.25, -0.2) is 0 Å². The summed E-state index contributed by atoms with van der Waals surface area (Å²) in [4.78, 5) is 12.1. The van der Waals surface area contributed by atoms with Crippen LogP contribution in [0, 0.1) is 0 Å². The van der Waals surface area contributed by atoms with E-state index in [1.54, 1.807) is 0 Å². The molecule has 142 valence electrons. The average molecular weight is 370 g/mol. The van der Waals surface area contributed by atoms with E-state index >= 15 is 0 Å². The van der Waals surface area contributed by atoms with Crippen LogP contribution in [0.5, 0.6) is 0 Å². The fraction of sp³-hybridized carbons (Fsp3) is 0.478. The third-order valence-corrected chi connectivity index (χ3v) is 10.2. The number of rotatable bonds is 10. The van der Waals surface area contributed by atoms with Crippen LogP contribution in [-0.2, 0) is 0 Å². The lowest BCUT2D eigenvalue weighted by Gasteiger charge is -2.41. The second kappa shape index (κ2) is 9.49. The van der Waals surface area contributed by atoms with Gasteiger partial charge in [-0.15, -0.1) is 0 Å². The number of hydrogen-bond acceptors (Lipinski definition) is 2. The number of nitrogens with two attached hydrogens (primary N) is 1. The first-order chi connectivity index (χ1) is 12.4. The highest BCUT2D eigenvalue weighted by atomic mass is 28.4. The van der Waals surface area contributed by atoms with Gasteiger partial charge < -0.3 is 10.5 Å². The lowest BCUT2D eigenvalue weighted by atomic mass is 10.0. The van der Waals surface area contributed by atoms with Crippen LogP contribution < -0.4 is 16.1 Å². The Labute approximate surface area is 160 Å². The molecular weight excluding hydrogens is 334 g/mol. The predicted octanol–water partition coefficient (Wildman–Crippen LogP) is 4.21. The van der Waals surface area contributed by atoms with E-state index in [0.29, 0.717) is 6.04 Å². The minimum absolute atomic E-state index is 0.148. The third-order valence-electron chi connectivity index (χ3n) is 5.65. The molecule has 2 rings (SSSR count). The Morgan fingerprint density at radius 2 is 1.38 bits per heavy atom. The maximum Gasteiger partial charge on any atom is 0.258 e. The second-order valence-electron chi connectivity index (χ2n) is 8.12.